The van der Waals surface area contributed by atoms with Crippen LogP contribution in [-0.2, 0) is 9.59 Å². The maximum atomic E-state index is 13.0. The Bertz CT molecular complexity index is 3200. The lowest BCUT2D eigenvalue weighted by Gasteiger charge is -2.23. The minimum Gasteiger partial charge on any atom is -0.505 e. The number of benzene rings is 6. The van der Waals surface area contributed by atoms with Crippen LogP contribution < -0.4 is 20.1 Å². The first-order chi connectivity index (χ1) is 33.2. The fraction of sp³-hybridized carbons (Fsp3) is 0.0741. The van der Waals surface area contributed by atoms with Gasteiger partial charge in [0.2, 0.25) is 0 Å². The van der Waals surface area contributed by atoms with Crippen LogP contribution in [0.4, 0.5) is 0 Å². The summed E-state index contributed by atoms with van der Waals surface area (Å²) in [4.78, 5) is 43.5. The number of carbonyl (C=O) groups is 2. The fourth-order valence-corrected chi connectivity index (χ4v) is 8.51. The average molecular weight is 940 g/mol. The molecule has 4 heterocycles. The molecule has 0 aliphatic heterocycles. The third kappa shape index (κ3) is 9.78. The van der Waals surface area contributed by atoms with Gasteiger partial charge in [-0.05, 0) is 84.4 Å². The first kappa shape index (κ1) is 44.9. The van der Waals surface area contributed by atoms with E-state index in [9.17, 15) is 19.8 Å². The quantitative estimate of drug-likeness (QED) is 0.0925. The number of phenolic OH excluding ortho intramolecular Hbond substituents is 2. The van der Waals surface area contributed by atoms with Crippen molar-refractivity contribution >= 4 is 78.6 Å². The van der Waals surface area contributed by atoms with Crippen molar-refractivity contribution in [1.82, 2.24) is 30.6 Å². The molecule has 2 unspecified atom stereocenters. The van der Waals surface area contributed by atoms with E-state index < -0.39 is 12.1 Å². The van der Waals surface area contributed by atoms with Crippen LogP contribution in [0.5, 0.6) is 23.0 Å². The van der Waals surface area contributed by atoms with Crippen LogP contribution >= 0.6 is 23.2 Å². The van der Waals surface area contributed by atoms with Crippen molar-refractivity contribution < 1.29 is 29.3 Å². The molecule has 12 nitrogen and oxygen atoms in total. The Balaban J connectivity index is 0.000000170. The molecule has 0 radical (unpaired) electrons. The number of nitrogens with zero attached hydrogens (tertiary/aromatic N) is 4. The van der Waals surface area contributed by atoms with E-state index >= 15 is 0 Å². The highest BCUT2D eigenvalue weighted by molar-refractivity contribution is 6.36. The van der Waals surface area contributed by atoms with Gasteiger partial charge < -0.3 is 30.3 Å². The molecule has 2 amide bonds. The molecule has 0 saturated heterocycles. The van der Waals surface area contributed by atoms with Gasteiger partial charge in [-0.15, -0.1) is 0 Å². The third-order valence-corrected chi connectivity index (χ3v) is 11.7. The molecule has 0 saturated carbocycles. The number of ether oxygens (including phenoxy) is 2. The second-order valence-corrected chi connectivity index (χ2v) is 16.3. The van der Waals surface area contributed by atoms with Crippen molar-refractivity contribution in [1.29, 1.82) is 0 Å². The van der Waals surface area contributed by atoms with Gasteiger partial charge in [0, 0.05) is 63.0 Å². The molecule has 0 spiro atoms. The van der Waals surface area contributed by atoms with E-state index in [1.54, 1.807) is 85.5 Å². The summed E-state index contributed by atoms with van der Waals surface area (Å²) in [5.41, 5.74) is 4.53. The maximum absolute atomic E-state index is 13.0. The molecule has 68 heavy (non-hydrogen) atoms. The molecule has 2 atom stereocenters. The summed E-state index contributed by atoms with van der Waals surface area (Å²) in [6, 6.07) is 46.1. The van der Waals surface area contributed by atoms with Crippen LogP contribution in [0.15, 0.2) is 183 Å². The Morgan fingerprint density at radius 3 is 1.51 bits per heavy atom. The van der Waals surface area contributed by atoms with E-state index in [1.807, 2.05) is 97.1 Å². The van der Waals surface area contributed by atoms with Crippen LogP contribution in [-0.4, -0.2) is 55.2 Å². The molecule has 14 heteroatoms. The Morgan fingerprint density at radius 2 is 0.941 bits per heavy atom. The van der Waals surface area contributed by atoms with Crippen molar-refractivity contribution in [2.24, 2.45) is 0 Å². The fourth-order valence-electron chi connectivity index (χ4n) is 7.97. The predicted molar refractivity (Wildman–Crippen MR) is 264 cm³/mol. The van der Waals surface area contributed by atoms with Gasteiger partial charge in [0.15, 0.2) is 13.2 Å². The van der Waals surface area contributed by atoms with Gasteiger partial charge in [-0.2, -0.15) is 0 Å². The molecule has 4 N–H and O–H groups in total. The Hall–Kier alpha value is -8.32. The number of carbonyl (C=O) groups excluding carboxylic acids is 2. The van der Waals surface area contributed by atoms with Crippen LogP contribution in [0.1, 0.15) is 34.3 Å². The van der Waals surface area contributed by atoms with Crippen molar-refractivity contribution in [3.8, 4) is 23.0 Å². The summed E-state index contributed by atoms with van der Waals surface area (Å²) >= 11 is 13.1. The topological polar surface area (TPSA) is 169 Å². The Morgan fingerprint density at radius 1 is 0.471 bits per heavy atom. The van der Waals surface area contributed by atoms with Crippen molar-refractivity contribution in [2.75, 3.05) is 13.2 Å². The highest BCUT2D eigenvalue weighted by Crippen LogP contribution is 2.41. The zero-order valence-corrected chi connectivity index (χ0v) is 37.5. The summed E-state index contributed by atoms with van der Waals surface area (Å²) in [6.07, 6.45) is 6.54. The first-order valence-corrected chi connectivity index (χ1v) is 22.1. The zero-order valence-electron chi connectivity index (χ0n) is 36.0. The molecular weight excluding hydrogens is 900 g/mol. The largest absolute Gasteiger partial charge is 0.505 e. The molecule has 336 valence electrons. The van der Waals surface area contributed by atoms with Gasteiger partial charge in [0.1, 0.15) is 34.0 Å². The van der Waals surface area contributed by atoms with E-state index in [0.717, 1.165) is 21.9 Å². The number of hydrogen-bond acceptors (Lipinski definition) is 10. The second-order valence-electron chi connectivity index (χ2n) is 15.4. The number of phenols is 2. The molecule has 4 aromatic heterocycles. The Kier molecular flexibility index (Phi) is 13.5. The first-order valence-electron chi connectivity index (χ1n) is 21.4. The summed E-state index contributed by atoms with van der Waals surface area (Å²) in [6.45, 7) is -0.386. The lowest BCUT2D eigenvalue weighted by atomic mass is 9.93. The SMILES string of the molecule is O=C(COc1ccccc1)NC(c1cc(Cl)c2cccnc2c1O)c1cccc2cccnc12.O=C(COc1ccccc1)NC(c1cc(Cl)c2cccnc2c1O)c1ccnc2ccccc12. The highest BCUT2D eigenvalue weighted by atomic mass is 35.5. The van der Waals surface area contributed by atoms with E-state index in [0.29, 0.717) is 65.6 Å². The zero-order chi connectivity index (χ0) is 47.0. The lowest BCUT2D eigenvalue weighted by molar-refractivity contribution is -0.124. The van der Waals surface area contributed by atoms with Crippen molar-refractivity contribution in [3.05, 3.63) is 215 Å². The standard InChI is InChI=1S/2C27H20ClN3O3/c28-22-15-21(27(33)26-19(22)12-6-14-30-26)25(20-11-4-7-17-8-5-13-29-24(17)20)31-23(32)16-34-18-9-2-1-3-10-18;28-22-15-21(27(33)26-20(22)10-6-13-30-26)25(19-12-14-29-23-11-5-4-9-18(19)23)31-24(32)16-34-17-7-2-1-3-8-17/h2*1-15,25,33H,16H2,(H,31,32). The van der Waals surface area contributed by atoms with Crippen LogP contribution in [0.2, 0.25) is 10.0 Å². The van der Waals surface area contributed by atoms with Crippen molar-refractivity contribution in [3.63, 3.8) is 0 Å². The molecule has 0 fully saturated rings. The monoisotopic (exact) mass is 938 g/mol. The number of amides is 2. The highest BCUT2D eigenvalue weighted by Gasteiger charge is 2.27. The number of hydrogen-bond donors (Lipinski definition) is 4. The van der Waals surface area contributed by atoms with E-state index in [2.05, 4.69) is 30.6 Å². The minimum atomic E-state index is -0.741. The molecule has 10 aromatic rings. The molecule has 0 aliphatic carbocycles. The second kappa shape index (κ2) is 20.5. The van der Waals surface area contributed by atoms with Gasteiger partial charge in [-0.25, -0.2) is 0 Å². The van der Waals surface area contributed by atoms with Gasteiger partial charge >= 0.3 is 0 Å². The number of aromatic hydroxyl groups is 2. The Labute approximate surface area is 399 Å². The number of para-hydroxylation sites is 4. The minimum absolute atomic E-state index is 0.0461. The van der Waals surface area contributed by atoms with Gasteiger partial charge in [-0.3, -0.25) is 29.5 Å². The van der Waals surface area contributed by atoms with Crippen LogP contribution in [0.3, 0.4) is 0 Å². The molecule has 0 aliphatic rings. The van der Waals surface area contributed by atoms with E-state index in [4.69, 9.17) is 32.7 Å². The number of aromatic nitrogens is 4. The third-order valence-electron chi connectivity index (χ3n) is 11.1. The smallest absolute Gasteiger partial charge is 0.258 e. The summed E-state index contributed by atoms with van der Waals surface area (Å²) in [5, 5.41) is 32.2. The number of fused-ring (bicyclic) bond motifs is 4. The van der Waals surface area contributed by atoms with Crippen LogP contribution in [0, 0.1) is 0 Å². The predicted octanol–water partition coefficient (Wildman–Crippen LogP) is 10.9. The number of halogens is 2. The lowest BCUT2D eigenvalue weighted by Crippen LogP contribution is -2.33. The number of rotatable bonds is 12. The summed E-state index contributed by atoms with van der Waals surface area (Å²) in [5.74, 6) is 0.355. The normalized spacial score (nSPS) is 11.9. The van der Waals surface area contributed by atoms with Crippen molar-refractivity contribution in [2.45, 2.75) is 12.1 Å². The van der Waals surface area contributed by atoms with E-state index in [1.165, 1.54) is 0 Å². The molecular formula is C54H40Cl2N6O6. The molecule has 0 bridgehead atoms. The summed E-state index contributed by atoms with van der Waals surface area (Å²) < 4.78 is 11.3. The van der Waals surface area contributed by atoms with Gasteiger partial charge in [-0.1, -0.05) is 102 Å². The van der Waals surface area contributed by atoms with Crippen LogP contribution in [0.25, 0.3) is 43.6 Å². The molecule has 6 aromatic carbocycles. The average Bonchev–Trinajstić information content (AvgIpc) is 3.39. The van der Waals surface area contributed by atoms with Gasteiger partial charge in [0.05, 0.1) is 33.2 Å². The van der Waals surface area contributed by atoms with E-state index in [-0.39, 0.29) is 36.5 Å². The number of nitrogens with one attached hydrogen (secondary N) is 2. The maximum Gasteiger partial charge on any atom is 0.258 e. The number of pyridine rings is 4. The summed E-state index contributed by atoms with van der Waals surface area (Å²) in [7, 11) is 0. The molecule has 10 rings (SSSR count). The van der Waals surface area contributed by atoms with Gasteiger partial charge in [0.25, 0.3) is 11.8 Å².